The molecule has 30 heavy (non-hydrogen) atoms. The summed E-state index contributed by atoms with van der Waals surface area (Å²) in [6, 6.07) is 5.05. The van der Waals surface area contributed by atoms with Gasteiger partial charge in [0, 0.05) is 37.8 Å². The molecule has 10 heteroatoms. The van der Waals surface area contributed by atoms with Gasteiger partial charge in [0.15, 0.2) is 6.10 Å². The van der Waals surface area contributed by atoms with E-state index in [0.29, 0.717) is 37.6 Å². The fourth-order valence-electron chi connectivity index (χ4n) is 3.44. The Bertz CT molecular complexity index is 849. The van der Waals surface area contributed by atoms with Crippen LogP contribution in [0.3, 0.4) is 0 Å². The molecule has 1 aromatic rings. The van der Waals surface area contributed by atoms with Crippen LogP contribution in [-0.2, 0) is 28.6 Å². The molecule has 0 aliphatic carbocycles. The summed E-state index contributed by atoms with van der Waals surface area (Å²) in [4.78, 5) is 51.7. The second-order valence-corrected chi connectivity index (χ2v) is 7.05. The Kier molecular flexibility index (Phi) is 6.68. The molecule has 10 nitrogen and oxygen atoms in total. The van der Waals surface area contributed by atoms with Crippen molar-refractivity contribution in [2.45, 2.75) is 26.1 Å². The maximum Gasteiger partial charge on any atom is 0.348 e. The number of amides is 2. The highest BCUT2D eigenvalue weighted by molar-refractivity contribution is 6.02. The summed E-state index contributed by atoms with van der Waals surface area (Å²) >= 11 is 0. The average Bonchev–Trinajstić information content (AvgIpc) is 2.73. The van der Waals surface area contributed by atoms with Gasteiger partial charge in [-0.2, -0.15) is 0 Å². The van der Waals surface area contributed by atoms with E-state index < -0.39 is 30.1 Å². The van der Waals surface area contributed by atoms with Crippen LogP contribution in [0.25, 0.3) is 0 Å². The molecule has 2 unspecified atom stereocenters. The summed E-state index contributed by atoms with van der Waals surface area (Å²) in [5.41, 5.74) is 1.67. The van der Waals surface area contributed by atoms with Crippen LogP contribution in [0, 0.1) is 6.92 Å². The van der Waals surface area contributed by atoms with Crippen LogP contribution < -0.4 is 4.90 Å². The zero-order valence-corrected chi connectivity index (χ0v) is 16.8. The van der Waals surface area contributed by atoms with Gasteiger partial charge in [-0.3, -0.25) is 14.4 Å². The van der Waals surface area contributed by atoms with Gasteiger partial charge in [0.2, 0.25) is 6.10 Å². The third kappa shape index (κ3) is 4.60. The van der Waals surface area contributed by atoms with Crippen molar-refractivity contribution in [1.29, 1.82) is 0 Å². The molecule has 0 saturated carbocycles. The van der Waals surface area contributed by atoms with Gasteiger partial charge >= 0.3 is 11.9 Å². The lowest BCUT2D eigenvalue weighted by Crippen LogP contribution is -2.55. The molecule has 2 aliphatic rings. The Morgan fingerprint density at radius 2 is 1.87 bits per heavy atom. The monoisotopic (exact) mass is 420 g/mol. The summed E-state index contributed by atoms with van der Waals surface area (Å²) in [5, 5.41) is 9.36. The maximum atomic E-state index is 13.0. The topological polar surface area (TPSA) is 123 Å². The van der Waals surface area contributed by atoms with Crippen molar-refractivity contribution in [3.05, 3.63) is 29.3 Å². The lowest BCUT2D eigenvalue weighted by Gasteiger charge is -2.35. The first-order valence-electron chi connectivity index (χ1n) is 9.60. The summed E-state index contributed by atoms with van der Waals surface area (Å²) in [6.45, 7) is 5.03. The highest BCUT2D eigenvalue weighted by Crippen LogP contribution is 2.25. The third-order valence-corrected chi connectivity index (χ3v) is 4.99. The van der Waals surface area contributed by atoms with E-state index in [4.69, 9.17) is 14.2 Å². The number of carboxylic acid groups (broad SMARTS) is 1. The molecular formula is C20H24N2O8. The maximum absolute atomic E-state index is 13.0. The predicted molar refractivity (Wildman–Crippen MR) is 103 cm³/mol. The van der Waals surface area contributed by atoms with E-state index in [9.17, 15) is 24.3 Å². The van der Waals surface area contributed by atoms with Crippen LogP contribution in [0.1, 0.15) is 22.8 Å². The van der Waals surface area contributed by atoms with Gasteiger partial charge in [-0.25, -0.2) is 4.79 Å². The molecule has 2 heterocycles. The first kappa shape index (κ1) is 21.7. The zero-order chi connectivity index (χ0) is 21.8. The van der Waals surface area contributed by atoms with E-state index in [-0.39, 0.29) is 19.1 Å². The number of carbonyl (C=O) groups is 4. The molecule has 2 saturated heterocycles. The van der Waals surface area contributed by atoms with Crippen molar-refractivity contribution >= 4 is 29.4 Å². The molecular weight excluding hydrogens is 396 g/mol. The van der Waals surface area contributed by atoms with Crippen LogP contribution in [-0.4, -0.2) is 85.4 Å². The average molecular weight is 420 g/mol. The van der Waals surface area contributed by atoms with Gasteiger partial charge in [-0.15, -0.1) is 0 Å². The zero-order valence-electron chi connectivity index (χ0n) is 16.8. The van der Waals surface area contributed by atoms with Crippen LogP contribution in [0.4, 0.5) is 5.69 Å². The second kappa shape index (κ2) is 9.23. The SMILES string of the molecule is CC(=O)OC(C(=O)O)C1OCCN(c2ccc(C)c(C(=O)N3CCOCC3)c2)C1=O. The minimum atomic E-state index is -1.75. The minimum Gasteiger partial charge on any atom is -0.478 e. The summed E-state index contributed by atoms with van der Waals surface area (Å²) in [5.74, 6) is -3.11. The van der Waals surface area contributed by atoms with Crippen molar-refractivity contribution < 1.29 is 38.5 Å². The molecule has 162 valence electrons. The largest absolute Gasteiger partial charge is 0.478 e. The number of morpholine rings is 2. The fourth-order valence-corrected chi connectivity index (χ4v) is 3.44. The van der Waals surface area contributed by atoms with Crippen molar-refractivity contribution in [3.8, 4) is 0 Å². The van der Waals surface area contributed by atoms with E-state index in [2.05, 4.69) is 0 Å². The number of nitrogens with zero attached hydrogens (tertiary/aromatic N) is 2. The smallest absolute Gasteiger partial charge is 0.348 e. The fraction of sp³-hybridized carbons (Fsp3) is 0.500. The molecule has 2 aliphatic heterocycles. The van der Waals surface area contributed by atoms with Gasteiger partial charge in [0.1, 0.15) is 0 Å². The number of hydrogen-bond donors (Lipinski definition) is 1. The summed E-state index contributed by atoms with van der Waals surface area (Å²) in [6.07, 6.45) is -3.22. The number of rotatable bonds is 5. The Hall–Kier alpha value is -2.98. The predicted octanol–water partition coefficient (Wildman–Crippen LogP) is 0.216. The standard InChI is InChI=1S/C20H24N2O8/c1-12-3-4-14(11-15(12)18(24)21-5-8-28-9-6-21)22-7-10-29-16(19(22)25)17(20(26)27)30-13(2)23/h3-4,11,16-17H,5-10H2,1-2H3,(H,26,27). The molecule has 1 N–H and O–H groups in total. The minimum absolute atomic E-state index is 0.0576. The van der Waals surface area contributed by atoms with E-state index in [0.717, 1.165) is 12.5 Å². The van der Waals surface area contributed by atoms with Gasteiger partial charge in [-0.1, -0.05) is 6.07 Å². The van der Waals surface area contributed by atoms with Crippen LogP contribution in [0.2, 0.25) is 0 Å². The molecule has 0 spiro atoms. The second-order valence-electron chi connectivity index (χ2n) is 7.05. The Balaban J connectivity index is 1.85. The molecule has 0 bridgehead atoms. The van der Waals surface area contributed by atoms with Crippen LogP contribution in [0.15, 0.2) is 18.2 Å². The number of aliphatic carboxylic acids is 1. The van der Waals surface area contributed by atoms with Crippen LogP contribution >= 0.6 is 0 Å². The first-order valence-corrected chi connectivity index (χ1v) is 9.60. The number of carboxylic acids is 1. The molecule has 2 atom stereocenters. The van der Waals surface area contributed by atoms with Crippen molar-refractivity contribution in [1.82, 2.24) is 4.90 Å². The number of aryl methyl sites for hydroxylation is 1. The van der Waals surface area contributed by atoms with Crippen molar-refractivity contribution in [2.75, 3.05) is 44.4 Å². The molecule has 1 aromatic carbocycles. The number of esters is 1. The number of carbonyl (C=O) groups excluding carboxylic acids is 3. The lowest BCUT2D eigenvalue weighted by atomic mass is 10.0. The van der Waals surface area contributed by atoms with Gasteiger partial charge in [0.05, 0.1) is 19.8 Å². The van der Waals surface area contributed by atoms with Gasteiger partial charge < -0.3 is 29.1 Å². The number of hydrogen-bond acceptors (Lipinski definition) is 7. The Labute approximate surface area is 173 Å². The van der Waals surface area contributed by atoms with Gasteiger partial charge in [-0.05, 0) is 24.6 Å². The van der Waals surface area contributed by atoms with E-state index in [1.54, 1.807) is 23.1 Å². The Morgan fingerprint density at radius 3 is 2.50 bits per heavy atom. The summed E-state index contributed by atoms with van der Waals surface area (Å²) < 4.78 is 15.4. The van der Waals surface area contributed by atoms with E-state index in [1.165, 1.54) is 4.90 Å². The van der Waals surface area contributed by atoms with Crippen LogP contribution in [0.5, 0.6) is 0 Å². The Morgan fingerprint density at radius 1 is 1.17 bits per heavy atom. The normalized spacial score (nSPS) is 20.6. The lowest BCUT2D eigenvalue weighted by molar-refractivity contribution is -0.177. The van der Waals surface area contributed by atoms with Crippen molar-refractivity contribution in [3.63, 3.8) is 0 Å². The molecule has 2 amide bonds. The third-order valence-electron chi connectivity index (χ3n) is 4.99. The summed E-state index contributed by atoms with van der Waals surface area (Å²) in [7, 11) is 0. The first-order chi connectivity index (χ1) is 14.3. The quantitative estimate of drug-likeness (QED) is 0.671. The molecule has 0 aromatic heterocycles. The molecule has 3 rings (SSSR count). The van der Waals surface area contributed by atoms with Gasteiger partial charge in [0.25, 0.3) is 11.8 Å². The van der Waals surface area contributed by atoms with Crippen molar-refractivity contribution in [2.24, 2.45) is 0 Å². The molecule has 2 fully saturated rings. The highest BCUT2D eigenvalue weighted by atomic mass is 16.6. The number of benzene rings is 1. The number of anilines is 1. The molecule has 0 radical (unpaired) electrons. The van der Waals surface area contributed by atoms with E-state index in [1.807, 2.05) is 6.92 Å². The van der Waals surface area contributed by atoms with E-state index >= 15 is 0 Å². The number of ether oxygens (including phenoxy) is 3. The highest BCUT2D eigenvalue weighted by Gasteiger charge is 2.42.